The quantitative estimate of drug-likeness (QED) is 0.133. The van der Waals surface area contributed by atoms with E-state index in [4.69, 9.17) is 9.97 Å². The van der Waals surface area contributed by atoms with Crippen LogP contribution in [-0.4, -0.2) is 18.0 Å². The first-order valence-corrected chi connectivity index (χ1v) is 21.3. The Hall–Kier alpha value is -6.42. The summed E-state index contributed by atoms with van der Waals surface area (Å²) in [5, 5.41) is 7.85. The predicted octanol–water partition coefficient (Wildman–Crippen LogP) is 11.9. The van der Waals surface area contributed by atoms with E-state index in [0.717, 1.165) is 28.1 Å². The van der Waals surface area contributed by atoms with Crippen LogP contribution in [0.1, 0.15) is 0 Å². The second-order valence-electron chi connectivity index (χ2n) is 14.5. The molecule has 0 radical (unpaired) electrons. The number of benzene rings is 8. The maximum atomic E-state index is 5.39. The molecule has 1 aromatic heterocycles. The second-order valence-corrected chi connectivity index (χ2v) is 18.9. The summed E-state index contributed by atoms with van der Waals surface area (Å²) in [6.45, 7) is 4.96. The molecular formula is C50H36N2Si. The fourth-order valence-corrected chi connectivity index (χ4v) is 11.6. The zero-order valence-corrected chi connectivity index (χ0v) is 30.7. The van der Waals surface area contributed by atoms with Gasteiger partial charge in [0.25, 0.3) is 0 Å². The Morgan fingerprint density at radius 1 is 0.340 bits per heavy atom. The number of hydrogen-bond donors (Lipinski definition) is 0. The Bertz CT molecular complexity index is 2780. The normalized spacial score (nSPS) is 12.9. The highest BCUT2D eigenvalue weighted by atomic mass is 28.3. The molecular weight excluding hydrogens is 657 g/mol. The molecule has 0 spiro atoms. The zero-order valence-electron chi connectivity index (χ0n) is 29.7. The van der Waals surface area contributed by atoms with Crippen LogP contribution in [0.2, 0.25) is 13.1 Å². The van der Waals surface area contributed by atoms with E-state index < -0.39 is 8.07 Å². The van der Waals surface area contributed by atoms with E-state index in [9.17, 15) is 0 Å². The number of rotatable bonds is 5. The molecule has 53 heavy (non-hydrogen) atoms. The summed E-state index contributed by atoms with van der Waals surface area (Å²) in [4.78, 5) is 10.6. The van der Waals surface area contributed by atoms with Crippen LogP contribution >= 0.6 is 0 Å². The average molecular weight is 693 g/mol. The maximum absolute atomic E-state index is 5.39. The molecule has 10 rings (SSSR count). The third kappa shape index (κ3) is 5.15. The lowest BCUT2D eigenvalue weighted by Crippen LogP contribution is -2.49. The minimum Gasteiger partial charge on any atom is -0.228 e. The molecule has 9 aromatic rings. The van der Waals surface area contributed by atoms with Gasteiger partial charge in [-0.15, -0.1) is 0 Å². The smallest absolute Gasteiger partial charge is 0.160 e. The monoisotopic (exact) mass is 692 g/mol. The fraction of sp³-hybridized carbons (Fsp3) is 0.0400. The van der Waals surface area contributed by atoms with Gasteiger partial charge in [-0.1, -0.05) is 183 Å². The van der Waals surface area contributed by atoms with Gasteiger partial charge in [0, 0.05) is 16.7 Å². The van der Waals surface area contributed by atoms with Gasteiger partial charge in [-0.2, -0.15) is 0 Å². The Balaban J connectivity index is 1.21. The molecule has 2 heterocycles. The molecule has 0 amide bonds. The van der Waals surface area contributed by atoms with Crippen molar-refractivity contribution >= 4 is 40.0 Å². The lowest BCUT2D eigenvalue weighted by Gasteiger charge is -2.20. The molecule has 1 aliphatic rings. The lowest BCUT2D eigenvalue weighted by atomic mass is 9.86. The largest absolute Gasteiger partial charge is 0.228 e. The second kappa shape index (κ2) is 12.4. The Labute approximate surface area is 311 Å². The number of nitrogens with zero attached hydrogens (tertiary/aromatic N) is 2. The molecule has 0 bridgehead atoms. The third-order valence-corrected chi connectivity index (χ3v) is 14.7. The van der Waals surface area contributed by atoms with Gasteiger partial charge in [-0.05, 0) is 77.4 Å². The van der Waals surface area contributed by atoms with Crippen LogP contribution in [0.3, 0.4) is 0 Å². The first-order chi connectivity index (χ1) is 26.0. The zero-order chi connectivity index (χ0) is 35.5. The molecule has 0 atom stereocenters. The molecule has 0 saturated carbocycles. The summed E-state index contributed by atoms with van der Waals surface area (Å²) < 4.78 is 0. The summed E-state index contributed by atoms with van der Waals surface area (Å²) in [7, 11) is -1.77. The van der Waals surface area contributed by atoms with Gasteiger partial charge in [-0.3, -0.25) is 0 Å². The first-order valence-electron chi connectivity index (χ1n) is 18.3. The number of aromatic nitrogens is 2. The van der Waals surface area contributed by atoms with E-state index in [0.29, 0.717) is 5.82 Å². The molecule has 8 aromatic carbocycles. The van der Waals surface area contributed by atoms with Crippen LogP contribution in [-0.2, 0) is 0 Å². The van der Waals surface area contributed by atoms with Gasteiger partial charge >= 0.3 is 0 Å². The van der Waals surface area contributed by atoms with Gasteiger partial charge in [0.15, 0.2) is 5.82 Å². The minimum atomic E-state index is -1.77. The van der Waals surface area contributed by atoms with Crippen molar-refractivity contribution in [2.24, 2.45) is 0 Å². The van der Waals surface area contributed by atoms with Crippen LogP contribution in [0.25, 0.3) is 88.8 Å². The summed E-state index contributed by atoms with van der Waals surface area (Å²) >= 11 is 0. The number of hydrogen-bond acceptors (Lipinski definition) is 2. The van der Waals surface area contributed by atoms with Crippen LogP contribution in [0.5, 0.6) is 0 Å². The van der Waals surface area contributed by atoms with Crippen molar-refractivity contribution in [3.05, 3.63) is 182 Å². The molecule has 0 saturated heterocycles. The molecule has 0 fully saturated rings. The highest BCUT2D eigenvalue weighted by Gasteiger charge is 2.37. The minimum absolute atomic E-state index is 0.710. The van der Waals surface area contributed by atoms with Crippen molar-refractivity contribution in [1.82, 2.24) is 9.97 Å². The van der Waals surface area contributed by atoms with Gasteiger partial charge < -0.3 is 0 Å². The van der Waals surface area contributed by atoms with E-state index in [2.05, 4.69) is 195 Å². The highest BCUT2D eigenvalue weighted by molar-refractivity contribution is 7.03. The van der Waals surface area contributed by atoms with Crippen LogP contribution in [0.4, 0.5) is 0 Å². The first kappa shape index (κ1) is 31.3. The van der Waals surface area contributed by atoms with Crippen LogP contribution in [0.15, 0.2) is 182 Å². The predicted molar refractivity (Wildman–Crippen MR) is 226 cm³/mol. The number of fused-ring (bicyclic) bond motifs is 5. The van der Waals surface area contributed by atoms with Gasteiger partial charge in [0.2, 0.25) is 0 Å². The molecule has 0 N–H and O–H groups in total. The average Bonchev–Trinajstić information content (AvgIpc) is 3.45. The van der Waals surface area contributed by atoms with Crippen molar-refractivity contribution in [3.8, 4) is 67.3 Å². The third-order valence-electron chi connectivity index (χ3n) is 11.1. The van der Waals surface area contributed by atoms with Crippen molar-refractivity contribution in [3.63, 3.8) is 0 Å². The van der Waals surface area contributed by atoms with E-state index in [1.807, 2.05) is 0 Å². The molecule has 0 aliphatic carbocycles. The summed E-state index contributed by atoms with van der Waals surface area (Å²) in [6.07, 6.45) is 0. The fourth-order valence-electron chi connectivity index (χ4n) is 8.49. The highest BCUT2D eigenvalue weighted by Crippen LogP contribution is 2.45. The van der Waals surface area contributed by atoms with Crippen molar-refractivity contribution in [2.75, 3.05) is 0 Å². The van der Waals surface area contributed by atoms with Gasteiger partial charge in [0.1, 0.15) is 8.07 Å². The molecule has 0 unspecified atom stereocenters. The molecule has 250 valence electrons. The molecule has 1 aliphatic heterocycles. The summed E-state index contributed by atoms with van der Waals surface area (Å²) in [5.41, 5.74) is 12.6. The van der Waals surface area contributed by atoms with Crippen molar-refractivity contribution < 1.29 is 0 Å². The van der Waals surface area contributed by atoms with Gasteiger partial charge in [0.05, 0.1) is 11.4 Å². The molecule has 2 nitrogen and oxygen atoms in total. The van der Waals surface area contributed by atoms with E-state index in [-0.39, 0.29) is 0 Å². The summed E-state index contributed by atoms with van der Waals surface area (Å²) in [6, 6.07) is 65.7. The lowest BCUT2D eigenvalue weighted by molar-refractivity contribution is 1.19. The molecule has 3 heteroatoms. The maximum Gasteiger partial charge on any atom is 0.160 e. The van der Waals surface area contributed by atoms with Crippen molar-refractivity contribution in [1.29, 1.82) is 0 Å². The standard InChI is InChI=1S/C50H36N2Si/c1-53(2)46-24-14-13-19-38(46)43-31-37(29-30-47(43)53)48-39-20-9-11-22-41(39)49(42-23-12-10-21-40(42)48)45-32-44(35-17-7-4-8-18-35)51-50(52-45)36-27-25-34(26-28-36)33-15-5-3-6-16-33/h3-32H,1-2H3. The van der Waals surface area contributed by atoms with Crippen LogP contribution in [0, 0.1) is 0 Å². The van der Waals surface area contributed by atoms with Crippen LogP contribution < -0.4 is 10.4 Å². The summed E-state index contributed by atoms with van der Waals surface area (Å²) in [5.74, 6) is 0.710. The van der Waals surface area contributed by atoms with Gasteiger partial charge in [-0.25, -0.2) is 9.97 Å². The Kier molecular flexibility index (Phi) is 7.31. The SMILES string of the molecule is C[Si]1(C)c2ccccc2-c2cc(-c3c4ccccc4c(-c4cc(-c5ccccc5)nc(-c5ccc(-c6ccccc6)cc5)n4)c4ccccc34)ccc21. The van der Waals surface area contributed by atoms with E-state index in [1.54, 1.807) is 0 Å². The Morgan fingerprint density at radius 3 is 1.47 bits per heavy atom. The van der Waals surface area contributed by atoms with E-state index >= 15 is 0 Å². The van der Waals surface area contributed by atoms with E-state index in [1.165, 1.54) is 65.3 Å². The van der Waals surface area contributed by atoms with Crippen molar-refractivity contribution in [2.45, 2.75) is 13.1 Å². The topological polar surface area (TPSA) is 25.8 Å². The Morgan fingerprint density at radius 2 is 0.811 bits per heavy atom.